The summed E-state index contributed by atoms with van der Waals surface area (Å²) in [4.78, 5) is 22.2. The maximum Gasteiger partial charge on any atom is 0.246 e. The fourth-order valence-electron chi connectivity index (χ4n) is 4.52. The molecule has 4 rings (SSSR count). The number of hydrogen-bond donors (Lipinski definition) is 0. The lowest BCUT2D eigenvalue weighted by molar-refractivity contribution is 0.0780. The van der Waals surface area contributed by atoms with Crippen molar-refractivity contribution in [3.63, 3.8) is 0 Å². The van der Waals surface area contributed by atoms with Gasteiger partial charge in [0.05, 0.1) is 6.04 Å². The Morgan fingerprint density at radius 1 is 1.12 bits per heavy atom. The Kier molecular flexibility index (Phi) is 7.12. The highest BCUT2D eigenvalue weighted by Crippen LogP contribution is 2.27. The van der Waals surface area contributed by atoms with Crippen molar-refractivity contribution in [2.75, 3.05) is 13.1 Å². The average molecular weight is 477 g/mol. The van der Waals surface area contributed by atoms with Crippen LogP contribution in [0.15, 0.2) is 46.5 Å². The first-order valence-corrected chi connectivity index (χ1v) is 13.1. The van der Waals surface area contributed by atoms with Crippen LogP contribution in [0.25, 0.3) is 0 Å². The van der Waals surface area contributed by atoms with E-state index in [1.807, 2.05) is 19.1 Å². The molecule has 0 bridgehead atoms. The minimum atomic E-state index is -3.74. The molecular formula is C23H29ClN4O3S. The Morgan fingerprint density at radius 2 is 1.84 bits per heavy atom. The first kappa shape index (κ1) is 23.1. The Bertz CT molecular complexity index is 1150. The van der Waals surface area contributed by atoms with E-state index in [2.05, 4.69) is 4.98 Å². The molecule has 2 aromatic heterocycles. The molecule has 2 fully saturated rings. The van der Waals surface area contributed by atoms with Crippen molar-refractivity contribution >= 4 is 27.5 Å². The van der Waals surface area contributed by atoms with E-state index < -0.39 is 10.0 Å². The van der Waals surface area contributed by atoms with E-state index >= 15 is 0 Å². The molecule has 0 atom stereocenters. The number of carbonyl (C=O) groups excluding carboxylic acids is 1. The summed E-state index contributed by atoms with van der Waals surface area (Å²) in [5.74, 6) is -0.269. The molecule has 9 heteroatoms. The molecule has 1 aliphatic heterocycles. The van der Waals surface area contributed by atoms with Crippen molar-refractivity contribution in [3.8, 4) is 0 Å². The third-order valence-corrected chi connectivity index (χ3v) is 8.71. The van der Waals surface area contributed by atoms with Crippen LogP contribution >= 0.6 is 11.6 Å². The number of carbonyl (C=O) groups is 1. The van der Waals surface area contributed by atoms with E-state index in [0.29, 0.717) is 18.3 Å². The lowest BCUT2D eigenvalue weighted by atomic mass is 9.96. The first-order valence-electron chi connectivity index (χ1n) is 11.2. The molecule has 7 nitrogen and oxygen atoms in total. The molecule has 32 heavy (non-hydrogen) atoms. The predicted molar refractivity (Wildman–Crippen MR) is 123 cm³/mol. The molecule has 3 heterocycles. The van der Waals surface area contributed by atoms with Gasteiger partial charge in [-0.05, 0) is 62.4 Å². The summed E-state index contributed by atoms with van der Waals surface area (Å²) in [5.41, 5.74) is 1.77. The van der Waals surface area contributed by atoms with Crippen LogP contribution in [0.3, 0.4) is 0 Å². The average Bonchev–Trinajstić information content (AvgIpc) is 2.80. The molecule has 1 saturated heterocycles. The largest absolute Gasteiger partial charge is 0.274 e. The molecule has 1 saturated carbocycles. The van der Waals surface area contributed by atoms with Crippen LogP contribution in [0.5, 0.6) is 0 Å². The summed E-state index contributed by atoms with van der Waals surface area (Å²) in [6.07, 6.45) is 9.93. The maximum atomic E-state index is 13.4. The van der Waals surface area contributed by atoms with Gasteiger partial charge in [0.25, 0.3) is 0 Å². The highest BCUT2D eigenvalue weighted by molar-refractivity contribution is 7.89. The fourth-order valence-corrected chi connectivity index (χ4v) is 6.41. The lowest BCUT2D eigenvalue weighted by Gasteiger charge is -2.30. The Hall–Kier alpha value is -2.03. The Labute approximate surface area is 194 Å². The van der Waals surface area contributed by atoms with Crippen LogP contribution < -0.4 is 5.49 Å². The number of nitrogens with zero attached hydrogens (tertiary/aromatic N) is 4. The summed E-state index contributed by atoms with van der Waals surface area (Å²) in [5, 5.41) is -0.0325. The number of piperidine rings is 1. The standard InChI is InChI=1S/C23H29ClN4O3S/c1-17-9-15-28(21(16-17)26-19-6-3-2-4-7-19)23(29)18-10-13-27(14-11-18)32(30,31)20-8-5-12-25-22(20)24/h5,8-9,12,15-16,18-19H,2-4,6-7,10-11,13-14H2,1H3. The minimum absolute atomic E-state index is 0.00733. The van der Waals surface area contributed by atoms with Gasteiger partial charge in [0.15, 0.2) is 0 Å². The highest BCUT2D eigenvalue weighted by atomic mass is 35.5. The summed E-state index contributed by atoms with van der Waals surface area (Å²) in [7, 11) is -3.74. The second-order valence-corrected chi connectivity index (χ2v) is 10.9. The van der Waals surface area contributed by atoms with E-state index in [4.69, 9.17) is 16.6 Å². The van der Waals surface area contributed by atoms with E-state index in [0.717, 1.165) is 18.4 Å². The van der Waals surface area contributed by atoms with Gasteiger partial charge in [-0.1, -0.05) is 30.9 Å². The predicted octanol–water partition coefficient (Wildman–Crippen LogP) is 3.82. The van der Waals surface area contributed by atoms with Gasteiger partial charge in [-0.15, -0.1) is 0 Å². The molecule has 0 N–H and O–H groups in total. The van der Waals surface area contributed by atoms with Crippen LogP contribution in [0.4, 0.5) is 0 Å². The third-order valence-electron chi connectivity index (χ3n) is 6.36. The number of rotatable bonds is 4. The number of aromatic nitrogens is 2. The molecular weight excluding hydrogens is 448 g/mol. The van der Waals surface area contributed by atoms with Crippen molar-refractivity contribution in [3.05, 3.63) is 52.9 Å². The second-order valence-electron chi connectivity index (χ2n) is 8.66. The summed E-state index contributed by atoms with van der Waals surface area (Å²) >= 11 is 6.01. The van der Waals surface area contributed by atoms with Gasteiger partial charge in [0.1, 0.15) is 15.5 Å². The molecule has 0 unspecified atom stereocenters. The van der Waals surface area contributed by atoms with E-state index in [9.17, 15) is 13.2 Å². The topological polar surface area (TPSA) is 84.6 Å². The molecule has 172 valence electrons. The first-order chi connectivity index (χ1) is 15.4. The van der Waals surface area contributed by atoms with Gasteiger partial charge >= 0.3 is 0 Å². The maximum absolute atomic E-state index is 13.4. The van der Waals surface area contributed by atoms with Gasteiger partial charge in [0, 0.05) is 31.4 Å². The van der Waals surface area contributed by atoms with Crippen LogP contribution in [0.1, 0.15) is 55.3 Å². The third kappa shape index (κ3) is 4.97. The van der Waals surface area contributed by atoms with Crippen molar-refractivity contribution in [1.29, 1.82) is 0 Å². The minimum Gasteiger partial charge on any atom is -0.274 e. The van der Waals surface area contributed by atoms with Crippen LogP contribution in [-0.2, 0) is 10.0 Å². The SMILES string of the molecule is Cc1ccn(C(=O)C2CCN(S(=O)(=O)c3cccnc3Cl)CC2)c(=NC2CCCCC2)c1. The van der Waals surface area contributed by atoms with Crippen molar-refractivity contribution in [2.24, 2.45) is 10.9 Å². The molecule has 0 spiro atoms. The van der Waals surface area contributed by atoms with Gasteiger partial charge < -0.3 is 0 Å². The summed E-state index contributed by atoms with van der Waals surface area (Å²) in [6.45, 7) is 2.54. The fraction of sp³-hybridized carbons (Fsp3) is 0.522. The van der Waals surface area contributed by atoms with Crippen molar-refractivity contribution < 1.29 is 13.2 Å². The van der Waals surface area contributed by atoms with Crippen molar-refractivity contribution in [1.82, 2.24) is 13.9 Å². The molecule has 0 radical (unpaired) electrons. The zero-order chi connectivity index (χ0) is 22.7. The Balaban J connectivity index is 1.51. The number of aryl methyl sites for hydroxylation is 1. The normalized spacial score (nSPS) is 19.9. The van der Waals surface area contributed by atoms with Gasteiger partial charge in [0.2, 0.25) is 15.9 Å². The molecule has 0 aromatic carbocycles. The molecule has 0 amide bonds. The summed E-state index contributed by atoms with van der Waals surface area (Å²) < 4.78 is 29.0. The quantitative estimate of drug-likeness (QED) is 0.628. The zero-order valence-corrected chi connectivity index (χ0v) is 19.9. The number of halogens is 1. The van der Waals surface area contributed by atoms with E-state index in [1.54, 1.807) is 16.8 Å². The molecule has 1 aliphatic carbocycles. The highest BCUT2D eigenvalue weighted by Gasteiger charge is 2.34. The lowest BCUT2D eigenvalue weighted by Crippen LogP contribution is -2.43. The van der Waals surface area contributed by atoms with Crippen LogP contribution in [-0.4, -0.2) is 47.3 Å². The summed E-state index contributed by atoms with van der Waals surface area (Å²) in [6, 6.07) is 7.17. The monoisotopic (exact) mass is 476 g/mol. The zero-order valence-electron chi connectivity index (χ0n) is 18.3. The van der Waals surface area contributed by atoms with E-state index in [1.165, 1.54) is 35.8 Å². The second kappa shape index (κ2) is 9.85. The number of sulfonamides is 1. The van der Waals surface area contributed by atoms with Crippen LogP contribution in [0, 0.1) is 12.8 Å². The Morgan fingerprint density at radius 3 is 2.53 bits per heavy atom. The van der Waals surface area contributed by atoms with Crippen molar-refractivity contribution in [2.45, 2.75) is 62.8 Å². The molecule has 2 aromatic rings. The smallest absolute Gasteiger partial charge is 0.246 e. The number of hydrogen-bond acceptors (Lipinski definition) is 5. The van der Waals surface area contributed by atoms with Gasteiger partial charge in [-0.2, -0.15) is 4.31 Å². The van der Waals surface area contributed by atoms with Gasteiger partial charge in [-0.25, -0.2) is 13.4 Å². The van der Waals surface area contributed by atoms with Crippen LogP contribution in [0.2, 0.25) is 5.15 Å². The van der Waals surface area contributed by atoms with Gasteiger partial charge in [-0.3, -0.25) is 14.4 Å². The van der Waals surface area contributed by atoms with E-state index in [-0.39, 0.29) is 41.0 Å². The number of pyridine rings is 2. The molecule has 2 aliphatic rings.